The van der Waals surface area contributed by atoms with Crippen LogP contribution in [0.3, 0.4) is 0 Å². The summed E-state index contributed by atoms with van der Waals surface area (Å²) in [5.41, 5.74) is 3.55. The Morgan fingerprint density at radius 3 is 2.19 bits per heavy atom. The lowest BCUT2D eigenvalue weighted by Gasteiger charge is -2.40. The van der Waals surface area contributed by atoms with Crippen LogP contribution in [-0.4, -0.2) is 17.6 Å². The molecular formula is C25H28F3NO2. The van der Waals surface area contributed by atoms with Gasteiger partial charge in [-0.05, 0) is 60.6 Å². The van der Waals surface area contributed by atoms with Crippen molar-refractivity contribution >= 4 is 11.7 Å². The second kappa shape index (κ2) is 9.16. The Bertz CT molecular complexity index is 944. The fraction of sp³-hybridized carbons (Fsp3) is 0.400. The second-order valence-electron chi connectivity index (χ2n) is 8.27. The molecule has 1 unspecified atom stereocenters. The molecule has 1 aliphatic heterocycles. The SMILES string of the molecule is CCC(C(=O)O)=C1CCN(c2ccc(C(C)C)cc2)C(c2ccc(C(F)(F)F)cc2)C1. The monoisotopic (exact) mass is 431 g/mol. The van der Waals surface area contributed by atoms with Crippen molar-refractivity contribution in [2.45, 2.75) is 58.2 Å². The number of halogens is 3. The number of carbonyl (C=O) groups is 1. The fourth-order valence-corrected chi connectivity index (χ4v) is 4.24. The third-order valence-electron chi connectivity index (χ3n) is 6.02. The highest BCUT2D eigenvalue weighted by Gasteiger charge is 2.32. The van der Waals surface area contributed by atoms with E-state index < -0.39 is 17.7 Å². The molecule has 3 nitrogen and oxygen atoms in total. The molecule has 0 aliphatic carbocycles. The summed E-state index contributed by atoms with van der Waals surface area (Å²) in [7, 11) is 0. The molecule has 1 heterocycles. The third-order valence-corrected chi connectivity index (χ3v) is 6.02. The summed E-state index contributed by atoms with van der Waals surface area (Å²) in [5.74, 6) is -0.517. The molecule has 1 aliphatic rings. The molecule has 3 rings (SSSR count). The van der Waals surface area contributed by atoms with E-state index in [2.05, 4.69) is 30.9 Å². The van der Waals surface area contributed by atoms with Crippen molar-refractivity contribution in [3.8, 4) is 0 Å². The molecule has 31 heavy (non-hydrogen) atoms. The van der Waals surface area contributed by atoms with Gasteiger partial charge in [-0.3, -0.25) is 0 Å². The van der Waals surface area contributed by atoms with Gasteiger partial charge >= 0.3 is 12.1 Å². The van der Waals surface area contributed by atoms with Crippen molar-refractivity contribution in [2.24, 2.45) is 0 Å². The molecule has 0 saturated carbocycles. The standard InChI is InChI=1S/C25H28F3NO2/c1-4-22(24(30)31)19-13-14-29(21-11-7-17(8-12-21)16(2)3)23(15-19)18-5-9-20(10-6-18)25(26,27)28/h5-12,16,23H,4,13-15H2,1-3H3,(H,30,31). The van der Waals surface area contributed by atoms with Crippen LogP contribution in [0, 0.1) is 0 Å². The number of anilines is 1. The van der Waals surface area contributed by atoms with Crippen LogP contribution in [0.15, 0.2) is 59.7 Å². The molecule has 1 atom stereocenters. The van der Waals surface area contributed by atoms with E-state index in [4.69, 9.17) is 0 Å². The Morgan fingerprint density at radius 2 is 1.71 bits per heavy atom. The van der Waals surface area contributed by atoms with Gasteiger partial charge in [-0.15, -0.1) is 0 Å². The van der Waals surface area contributed by atoms with Gasteiger partial charge in [0.1, 0.15) is 0 Å². The molecule has 0 spiro atoms. The lowest BCUT2D eigenvalue weighted by atomic mass is 9.87. The van der Waals surface area contributed by atoms with Gasteiger partial charge in [-0.25, -0.2) is 4.79 Å². The van der Waals surface area contributed by atoms with Crippen molar-refractivity contribution in [3.63, 3.8) is 0 Å². The summed E-state index contributed by atoms with van der Waals surface area (Å²) in [4.78, 5) is 13.9. The molecular weight excluding hydrogens is 403 g/mol. The Kier molecular flexibility index (Phi) is 6.77. The van der Waals surface area contributed by atoms with Gasteiger partial charge in [0.25, 0.3) is 0 Å². The van der Waals surface area contributed by atoms with Gasteiger partial charge in [-0.2, -0.15) is 13.2 Å². The van der Waals surface area contributed by atoms with Crippen LogP contribution in [0.2, 0.25) is 0 Å². The number of hydrogen-bond acceptors (Lipinski definition) is 2. The maximum absolute atomic E-state index is 13.0. The molecule has 2 aromatic rings. The van der Waals surface area contributed by atoms with Crippen molar-refractivity contribution in [1.82, 2.24) is 0 Å². The lowest BCUT2D eigenvalue weighted by molar-refractivity contribution is -0.137. The van der Waals surface area contributed by atoms with Crippen LogP contribution in [0.25, 0.3) is 0 Å². The van der Waals surface area contributed by atoms with Crippen molar-refractivity contribution in [2.75, 3.05) is 11.4 Å². The quantitative estimate of drug-likeness (QED) is 0.520. The smallest absolute Gasteiger partial charge is 0.416 e. The first-order valence-corrected chi connectivity index (χ1v) is 10.6. The van der Waals surface area contributed by atoms with E-state index in [1.807, 2.05) is 19.1 Å². The third kappa shape index (κ3) is 5.12. The van der Waals surface area contributed by atoms with E-state index in [9.17, 15) is 23.1 Å². The van der Waals surface area contributed by atoms with E-state index in [0.717, 1.165) is 29.0 Å². The Morgan fingerprint density at radius 1 is 1.10 bits per heavy atom. The molecule has 1 N–H and O–H groups in total. The molecule has 1 saturated heterocycles. The Labute approximate surface area is 181 Å². The van der Waals surface area contributed by atoms with Crippen LogP contribution in [0.4, 0.5) is 18.9 Å². The molecule has 0 amide bonds. The minimum absolute atomic E-state index is 0.225. The van der Waals surface area contributed by atoms with Crippen molar-refractivity contribution in [3.05, 3.63) is 76.4 Å². The number of carboxylic acids is 1. The molecule has 0 radical (unpaired) electrons. The van der Waals surface area contributed by atoms with Gasteiger partial charge in [0.05, 0.1) is 11.6 Å². The number of carboxylic acid groups (broad SMARTS) is 1. The van der Waals surface area contributed by atoms with Gasteiger partial charge in [0, 0.05) is 17.8 Å². The predicted molar refractivity (Wildman–Crippen MR) is 116 cm³/mol. The van der Waals surface area contributed by atoms with Gasteiger partial charge in [0.15, 0.2) is 0 Å². The van der Waals surface area contributed by atoms with Crippen molar-refractivity contribution in [1.29, 1.82) is 0 Å². The number of hydrogen-bond donors (Lipinski definition) is 1. The van der Waals surface area contributed by atoms with E-state index in [0.29, 0.717) is 37.3 Å². The van der Waals surface area contributed by atoms with Gasteiger partial charge in [0.2, 0.25) is 0 Å². The van der Waals surface area contributed by atoms with E-state index >= 15 is 0 Å². The number of alkyl halides is 3. The maximum Gasteiger partial charge on any atom is 0.416 e. The maximum atomic E-state index is 13.0. The Balaban J connectivity index is 2.00. The van der Waals surface area contributed by atoms with Crippen molar-refractivity contribution < 1.29 is 23.1 Å². The summed E-state index contributed by atoms with van der Waals surface area (Å²) < 4.78 is 39.1. The topological polar surface area (TPSA) is 40.5 Å². The van der Waals surface area contributed by atoms with Crippen LogP contribution in [0.5, 0.6) is 0 Å². The summed E-state index contributed by atoms with van der Waals surface area (Å²) in [6, 6.07) is 13.2. The number of benzene rings is 2. The lowest BCUT2D eigenvalue weighted by Crippen LogP contribution is -2.35. The minimum Gasteiger partial charge on any atom is -0.478 e. The molecule has 6 heteroatoms. The summed E-state index contributed by atoms with van der Waals surface area (Å²) >= 11 is 0. The zero-order valence-electron chi connectivity index (χ0n) is 18.0. The van der Waals surface area contributed by atoms with Crippen LogP contribution in [-0.2, 0) is 11.0 Å². The molecule has 0 bridgehead atoms. The first-order valence-electron chi connectivity index (χ1n) is 10.6. The summed E-state index contributed by atoms with van der Waals surface area (Å²) in [5, 5.41) is 9.58. The Hall–Kier alpha value is -2.76. The summed E-state index contributed by atoms with van der Waals surface area (Å²) in [6.45, 7) is 6.67. The molecule has 2 aromatic carbocycles. The molecule has 0 aromatic heterocycles. The normalized spacial score (nSPS) is 18.9. The molecule has 1 fully saturated rings. The average molecular weight is 431 g/mol. The molecule has 166 valence electrons. The average Bonchev–Trinajstić information content (AvgIpc) is 2.73. The second-order valence-corrected chi connectivity index (χ2v) is 8.27. The van der Waals surface area contributed by atoms with Crippen LogP contribution < -0.4 is 4.90 Å². The number of aliphatic carboxylic acids is 1. The van der Waals surface area contributed by atoms with E-state index in [1.165, 1.54) is 17.7 Å². The highest BCUT2D eigenvalue weighted by atomic mass is 19.4. The van der Waals surface area contributed by atoms with Crippen LogP contribution >= 0.6 is 0 Å². The summed E-state index contributed by atoms with van der Waals surface area (Å²) in [6.07, 6.45) is -2.86. The van der Waals surface area contributed by atoms with Crippen LogP contribution in [0.1, 0.15) is 68.7 Å². The number of nitrogens with zero attached hydrogens (tertiary/aromatic N) is 1. The predicted octanol–water partition coefficient (Wildman–Crippen LogP) is 6.96. The largest absolute Gasteiger partial charge is 0.478 e. The van der Waals surface area contributed by atoms with E-state index in [1.54, 1.807) is 0 Å². The van der Waals surface area contributed by atoms with Gasteiger partial charge in [-0.1, -0.05) is 50.6 Å². The zero-order valence-corrected chi connectivity index (χ0v) is 18.0. The van der Waals surface area contributed by atoms with Gasteiger partial charge < -0.3 is 10.0 Å². The number of piperidine rings is 1. The number of rotatable bonds is 5. The van der Waals surface area contributed by atoms with E-state index in [-0.39, 0.29) is 6.04 Å². The minimum atomic E-state index is -4.39. The highest BCUT2D eigenvalue weighted by molar-refractivity contribution is 5.87. The zero-order chi connectivity index (χ0) is 22.8. The first-order chi connectivity index (χ1) is 14.6. The highest BCUT2D eigenvalue weighted by Crippen LogP contribution is 2.40. The fourth-order valence-electron chi connectivity index (χ4n) is 4.24. The first kappa shape index (κ1) is 22.9.